The van der Waals surface area contributed by atoms with E-state index in [9.17, 15) is 0 Å². The Kier molecular flexibility index (Phi) is 11.6. The smallest absolute Gasteiger partial charge is 0.169 e. The van der Waals surface area contributed by atoms with Crippen molar-refractivity contribution in [2.45, 2.75) is 32.4 Å². The molecule has 0 saturated heterocycles. The van der Waals surface area contributed by atoms with Crippen molar-refractivity contribution in [3.8, 4) is 0 Å². The monoisotopic (exact) mass is 486 g/mol. The van der Waals surface area contributed by atoms with E-state index in [0.717, 1.165) is 55.4 Å². The third-order valence-electron chi connectivity index (χ3n) is 5.43. The Morgan fingerprint density at radius 3 is 2.54 bits per heavy atom. The zero-order chi connectivity index (χ0) is 24.6. The number of anilines is 1. The Hall–Kier alpha value is -3.38. The number of nitrogens with zero attached hydrogens (tertiary/aromatic N) is 4. The minimum absolute atomic E-state index is 0.942. The lowest BCUT2D eigenvalue weighted by Crippen LogP contribution is -2.32. The van der Waals surface area contributed by atoms with Crippen LogP contribution in [0.4, 0.5) is 5.69 Å². The van der Waals surface area contributed by atoms with Crippen molar-refractivity contribution in [3.63, 3.8) is 0 Å². The van der Waals surface area contributed by atoms with Crippen LogP contribution in [-0.4, -0.2) is 33.9 Å². The lowest BCUT2D eigenvalue weighted by atomic mass is 10.1. The summed E-state index contributed by atoms with van der Waals surface area (Å²) in [4.78, 5) is 8.36. The summed E-state index contributed by atoms with van der Waals surface area (Å²) in [6.07, 6.45) is 23.4. The molecule has 0 saturated carbocycles. The number of aliphatic imine (C=N–C) groups is 1. The van der Waals surface area contributed by atoms with Gasteiger partial charge in [-0.1, -0.05) is 43.0 Å². The molecule has 0 amide bonds. The number of imidazole rings is 1. The predicted octanol–water partition coefficient (Wildman–Crippen LogP) is 6.13. The van der Waals surface area contributed by atoms with Gasteiger partial charge in [0.2, 0.25) is 0 Å². The van der Waals surface area contributed by atoms with Crippen molar-refractivity contribution >= 4 is 34.6 Å². The second kappa shape index (κ2) is 15.5. The molecule has 0 fully saturated rings. The minimum Gasteiger partial charge on any atom is -0.385 e. The SMILES string of the molecule is C=CC=CC(=NC)SCCCC[n+]1ccc(C=Cc2ccc(NCCCn3ccnc3)cc2)cc1. The summed E-state index contributed by atoms with van der Waals surface area (Å²) in [5.41, 5.74) is 3.55. The Labute approximate surface area is 214 Å². The van der Waals surface area contributed by atoms with Crippen LogP contribution in [0.1, 0.15) is 30.4 Å². The summed E-state index contributed by atoms with van der Waals surface area (Å²) in [6, 6.07) is 12.9. The normalized spacial score (nSPS) is 12.0. The standard InChI is InChI=1S/C29H35N5S/c1-3-4-8-29(30-2)35-24-6-5-19-33-21-15-27(16-22-33)10-9-26-11-13-28(14-12-26)32-17-7-20-34-23-18-31-25-34/h3-4,8-16,18,21-23,25H,1,5-7,17,19-20,24H2,2H3/p+1. The highest BCUT2D eigenvalue weighted by Gasteiger charge is 2.01. The van der Waals surface area contributed by atoms with Crippen molar-refractivity contribution < 1.29 is 4.57 Å². The van der Waals surface area contributed by atoms with Crippen LogP contribution in [0.15, 0.2) is 97.3 Å². The van der Waals surface area contributed by atoms with Gasteiger partial charge in [0.05, 0.1) is 11.4 Å². The van der Waals surface area contributed by atoms with Crippen LogP contribution in [0.2, 0.25) is 0 Å². The molecule has 5 nitrogen and oxygen atoms in total. The van der Waals surface area contributed by atoms with E-state index in [-0.39, 0.29) is 0 Å². The van der Waals surface area contributed by atoms with Crippen LogP contribution in [0.25, 0.3) is 12.2 Å². The highest BCUT2D eigenvalue weighted by Crippen LogP contribution is 2.13. The van der Waals surface area contributed by atoms with E-state index < -0.39 is 0 Å². The molecule has 0 bridgehead atoms. The number of aromatic nitrogens is 3. The highest BCUT2D eigenvalue weighted by atomic mass is 32.2. The molecule has 182 valence electrons. The maximum Gasteiger partial charge on any atom is 0.169 e. The first-order valence-corrected chi connectivity index (χ1v) is 13.1. The first kappa shape index (κ1) is 26.2. The van der Waals surface area contributed by atoms with Crippen molar-refractivity contribution in [2.75, 3.05) is 24.7 Å². The van der Waals surface area contributed by atoms with Gasteiger partial charge in [0.1, 0.15) is 6.54 Å². The van der Waals surface area contributed by atoms with Gasteiger partial charge in [0, 0.05) is 56.8 Å². The van der Waals surface area contributed by atoms with Crippen LogP contribution < -0.4 is 9.88 Å². The number of unbranched alkanes of at least 4 members (excludes halogenated alkanes) is 1. The van der Waals surface area contributed by atoms with Crippen molar-refractivity contribution in [1.82, 2.24) is 9.55 Å². The summed E-state index contributed by atoms with van der Waals surface area (Å²) in [5, 5.41) is 4.54. The molecule has 0 radical (unpaired) electrons. The Bertz CT molecular complexity index is 1080. The quantitative estimate of drug-likeness (QED) is 0.0981. The largest absolute Gasteiger partial charge is 0.385 e. The third kappa shape index (κ3) is 10.2. The topological polar surface area (TPSA) is 46.1 Å². The molecule has 1 N–H and O–H groups in total. The average Bonchev–Trinajstić information content (AvgIpc) is 3.42. The zero-order valence-corrected chi connectivity index (χ0v) is 21.4. The highest BCUT2D eigenvalue weighted by molar-refractivity contribution is 8.14. The van der Waals surface area contributed by atoms with Crippen LogP contribution in [0.5, 0.6) is 0 Å². The van der Waals surface area contributed by atoms with E-state index in [1.165, 1.54) is 11.1 Å². The fraction of sp³-hybridized carbons (Fsp3) is 0.276. The lowest BCUT2D eigenvalue weighted by Gasteiger charge is -2.07. The molecule has 3 rings (SSSR count). The first-order valence-electron chi connectivity index (χ1n) is 12.1. The number of thioether (sulfide) groups is 1. The number of hydrogen-bond donors (Lipinski definition) is 1. The van der Waals surface area contributed by atoms with Crippen molar-refractivity contribution in [1.29, 1.82) is 0 Å². The van der Waals surface area contributed by atoms with Crippen LogP contribution in [0.3, 0.4) is 0 Å². The maximum absolute atomic E-state index is 4.29. The molecule has 0 unspecified atom stereocenters. The van der Waals surface area contributed by atoms with Crippen molar-refractivity contribution in [2.24, 2.45) is 4.99 Å². The van der Waals surface area contributed by atoms with Gasteiger partial charge < -0.3 is 9.88 Å². The molecule has 0 spiro atoms. The van der Waals surface area contributed by atoms with E-state index in [1.54, 1.807) is 17.8 Å². The van der Waals surface area contributed by atoms with E-state index in [0.29, 0.717) is 0 Å². The number of nitrogens with one attached hydrogen (secondary N) is 1. The number of hydrogen-bond acceptors (Lipinski definition) is 4. The Morgan fingerprint density at radius 2 is 1.86 bits per heavy atom. The number of aryl methyl sites for hydroxylation is 2. The van der Waals surface area contributed by atoms with Gasteiger partial charge >= 0.3 is 0 Å². The summed E-state index contributed by atoms with van der Waals surface area (Å²) >= 11 is 1.80. The third-order valence-corrected chi connectivity index (χ3v) is 6.54. The average molecular weight is 487 g/mol. The second-order valence-corrected chi connectivity index (χ2v) is 9.23. The molecule has 2 aromatic heterocycles. The second-order valence-electron chi connectivity index (χ2n) is 8.12. The lowest BCUT2D eigenvalue weighted by molar-refractivity contribution is -0.697. The molecule has 0 atom stereocenters. The van der Waals surface area contributed by atoms with E-state index >= 15 is 0 Å². The summed E-state index contributed by atoms with van der Waals surface area (Å²) in [7, 11) is 1.83. The van der Waals surface area contributed by atoms with E-state index in [2.05, 4.69) is 92.0 Å². The zero-order valence-electron chi connectivity index (χ0n) is 20.6. The Morgan fingerprint density at radius 1 is 1.09 bits per heavy atom. The van der Waals surface area contributed by atoms with Gasteiger partial charge in [-0.3, -0.25) is 4.99 Å². The fourth-order valence-electron chi connectivity index (χ4n) is 3.46. The van der Waals surface area contributed by atoms with Gasteiger partial charge in [-0.05, 0) is 47.9 Å². The maximum atomic E-state index is 4.29. The van der Waals surface area contributed by atoms with Crippen LogP contribution >= 0.6 is 11.8 Å². The number of pyridine rings is 1. The van der Waals surface area contributed by atoms with Crippen LogP contribution in [-0.2, 0) is 13.1 Å². The van der Waals surface area contributed by atoms with Crippen LogP contribution in [0, 0.1) is 0 Å². The van der Waals surface area contributed by atoms with Gasteiger partial charge in [-0.15, -0.1) is 11.8 Å². The number of allylic oxidation sites excluding steroid dienone is 2. The molecule has 0 aliphatic rings. The van der Waals surface area contributed by atoms with Gasteiger partial charge in [-0.25, -0.2) is 9.55 Å². The fourth-order valence-corrected chi connectivity index (χ4v) is 4.32. The molecule has 2 heterocycles. The van der Waals surface area contributed by atoms with Gasteiger partial charge in [0.15, 0.2) is 12.4 Å². The first-order chi connectivity index (χ1) is 17.3. The van der Waals surface area contributed by atoms with Gasteiger partial charge in [-0.2, -0.15) is 0 Å². The van der Waals surface area contributed by atoms with Crippen molar-refractivity contribution in [3.05, 3.63) is 103 Å². The molecule has 3 aromatic rings. The van der Waals surface area contributed by atoms with Gasteiger partial charge in [0.25, 0.3) is 0 Å². The molecule has 35 heavy (non-hydrogen) atoms. The predicted molar refractivity (Wildman–Crippen MR) is 152 cm³/mol. The molecule has 6 heteroatoms. The molecule has 0 aliphatic carbocycles. The minimum atomic E-state index is 0.942. The molecular weight excluding hydrogens is 450 g/mol. The Balaban J connectivity index is 1.35. The molecule has 1 aromatic carbocycles. The number of rotatable bonds is 14. The van der Waals surface area contributed by atoms with E-state index in [4.69, 9.17) is 0 Å². The summed E-state index contributed by atoms with van der Waals surface area (Å²) in [6.45, 7) is 6.65. The summed E-state index contributed by atoms with van der Waals surface area (Å²) in [5.74, 6) is 1.08. The molecule has 0 aliphatic heterocycles. The number of benzene rings is 1. The molecular formula is C29H36N5S+. The summed E-state index contributed by atoms with van der Waals surface area (Å²) < 4.78 is 4.35. The van der Waals surface area contributed by atoms with E-state index in [1.807, 2.05) is 37.9 Å².